The van der Waals surface area contributed by atoms with E-state index >= 15 is 0 Å². The van der Waals surface area contributed by atoms with E-state index in [-0.39, 0.29) is 17.1 Å². The summed E-state index contributed by atoms with van der Waals surface area (Å²) in [5, 5.41) is 5.66. The average Bonchev–Trinajstić information content (AvgIpc) is 2.69. The largest absolute Gasteiger partial charge is 0.465 e. The summed E-state index contributed by atoms with van der Waals surface area (Å²) in [6.07, 6.45) is 0. The first kappa shape index (κ1) is 19.0. The van der Waals surface area contributed by atoms with Gasteiger partial charge >= 0.3 is 5.97 Å². The Morgan fingerprint density at radius 3 is 2.46 bits per heavy atom. The van der Waals surface area contributed by atoms with Crippen molar-refractivity contribution in [3.8, 4) is 0 Å². The maximum absolute atomic E-state index is 13.0. The van der Waals surface area contributed by atoms with Crippen LogP contribution in [-0.2, 0) is 4.74 Å². The number of rotatable bonds is 5. The predicted molar refractivity (Wildman–Crippen MR) is 102 cm³/mol. The number of carbonyl (C=O) groups is 2. The SMILES string of the molecule is COC(=O)c1ccccc1NC(=O)c1cc(Nc2ccc(F)cc2)nc(C)n1. The first-order valence-corrected chi connectivity index (χ1v) is 8.33. The number of hydrogen-bond acceptors (Lipinski definition) is 6. The number of aryl methyl sites for hydroxylation is 1. The van der Waals surface area contributed by atoms with Gasteiger partial charge in [0.1, 0.15) is 23.2 Å². The Labute approximate surface area is 160 Å². The third kappa shape index (κ3) is 4.47. The molecule has 0 radical (unpaired) electrons. The summed E-state index contributed by atoms with van der Waals surface area (Å²) in [5.74, 6) is -0.671. The van der Waals surface area contributed by atoms with Crippen molar-refractivity contribution in [1.82, 2.24) is 9.97 Å². The second-order valence-electron chi connectivity index (χ2n) is 5.81. The van der Waals surface area contributed by atoms with Crippen molar-refractivity contribution in [3.05, 3.63) is 77.5 Å². The zero-order valence-corrected chi connectivity index (χ0v) is 15.2. The zero-order chi connectivity index (χ0) is 20.1. The minimum atomic E-state index is -0.562. The van der Waals surface area contributed by atoms with Crippen LogP contribution in [0.1, 0.15) is 26.7 Å². The lowest BCUT2D eigenvalue weighted by atomic mass is 10.1. The molecule has 0 saturated carbocycles. The number of nitrogens with zero attached hydrogens (tertiary/aromatic N) is 2. The van der Waals surface area contributed by atoms with Crippen LogP contribution < -0.4 is 10.6 Å². The molecule has 0 aliphatic heterocycles. The lowest BCUT2D eigenvalue weighted by Gasteiger charge is -2.11. The van der Waals surface area contributed by atoms with Crippen LogP contribution in [0.15, 0.2) is 54.6 Å². The van der Waals surface area contributed by atoms with Crippen molar-refractivity contribution < 1.29 is 18.7 Å². The number of aromatic nitrogens is 2. The van der Waals surface area contributed by atoms with Crippen molar-refractivity contribution in [2.24, 2.45) is 0 Å². The summed E-state index contributed by atoms with van der Waals surface area (Å²) < 4.78 is 17.8. The summed E-state index contributed by atoms with van der Waals surface area (Å²) in [5.41, 5.74) is 1.26. The van der Waals surface area contributed by atoms with Gasteiger partial charge in [-0.25, -0.2) is 19.2 Å². The Morgan fingerprint density at radius 1 is 1.04 bits per heavy atom. The van der Waals surface area contributed by atoms with E-state index in [4.69, 9.17) is 4.74 Å². The summed E-state index contributed by atoms with van der Waals surface area (Å²) in [6, 6.07) is 13.7. The maximum atomic E-state index is 13.0. The molecule has 0 atom stereocenters. The number of halogens is 1. The van der Waals surface area contributed by atoms with Gasteiger partial charge < -0.3 is 15.4 Å². The maximum Gasteiger partial charge on any atom is 0.339 e. The third-order valence-corrected chi connectivity index (χ3v) is 3.77. The molecule has 2 N–H and O–H groups in total. The molecule has 0 saturated heterocycles. The summed E-state index contributed by atoms with van der Waals surface area (Å²) in [4.78, 5) is 32.9. The standard InChI is InChI=1S/C20H17FN4O3/c1-12-22-17(11-18(23-12)24-14-9-7-13(21)8-10-14)19(26)25-16-6-4-3-5-15(16)20(27)28-2/h3-11H,1-2H3,(H,25,26)(H,22,23,24). The Hall–Kier alpha value is -3.81. The highest BCUT2D eigenvalue weighted by Crippen LogP contribution is 2.19. The Kier molecular flexibility index (Phi) is 5.59. The van der Waals surface area contributed by atoms with Crippen LogP contribution in [-0.4, -0.2) is 29.0 Å². The summed E-state index contributed by atoms with van der Waals surface area (Å²) in [7, 11) is 1.27. The number of carbonyl (C=O) groups excluding carboxylic acids is 2. The molecule has 1 heterocycles. The molecular weight excluding hydrogens is 363 g/mol. The number of nitrogens with one attached hydrogen (secondary N) is 2. The normalized spacial score (nSPS) is 10.2. The quantitative estimate of drug-likeness (QED) is 0.656. The molecule has 28 heavy (non-hydrogen) atoms. The molecule has 3 aromatic rings. The number of benzene rings is 2. The van der Waals surface area contributed by atoms with E-state index in [9.17, 15) is 14.0 Å². The van der Waals surface area contributed by atoms with E-state index in [1.54, 1.807) is 43.3 Å². The number of esters is 1. The topological polar surface area (TPSA) is 93.2 Å². The fourth-order valence-electron chi connectivity index (χ4n) is 2.50. The monoisotopic (exact) mass is 380 g/mol. The molecule has 142 valence electrons. The molecule has 8 heteroatoms. The number of methoxy groups -OCH3 is 1. The van der Waals surface area contributed by atoms with Gasteiger partial charge in [0.05, 0.1) is 18.4 Å². The molecule has 0 fully saturated rings. The van der Waals surface area contributed by atoms with Gasteiger partial charge in [-0.05, 0) is 43.3 Å². The minimum Gasteiger partial charge on any atom is -0.465 e. The van der Waals surface area contributed by atoms with Crippen LogP contribution in [0.3, 0.4) is 0 Å². The predicted octanol–water partition coefficient (Wildman–Crippen LogP) is 3.71. The van der Waals surface area contributed by atoms with Gasteiger partial charge in [0.15, 0.2) is 0 Å². The third-order valence-electron chi connectivity index (χ3n) is 3.77. The van der Waals surface area contributed by atoms with Crippen LogP contribution in [0.2, 0.25) is 0 Å². The van der Waals surface area contributed by atoms with Gasteiger partial charge in [-0.15, -0.1) is 0 Å². The van der Waals surface area contributed by atoms with Crippen LogP contribution in [0.4, 0.5) is 21.6 Å². The minimum absolute atomic E-state index is 0.108. The van der Waals surface area contributed by atoms with Crippen molar-refractivity contribution in [2.75, 3.05) is 17.7 Å². The van der Waals surface area contributed by atoms with Gasteiger partial charge in [-0.1, -0.05) is 12.1 Å². The number of anilines is 3. The van der Waals surface area contributed by atoms with Gasteiger partial charge in [0, 0.05) is 11.8 Å². The van der Waals surface area contributed by atoms with Gasteiger partial charge in [-0.3, -0.25) is 4.79 Å². The highest BCUT2D eigenvalue weighted by Gasteiger charge is 2.16. The highest BCUT2D eigenvalue weighted by atomic mass is 19.1. The molecule has 0 unspecified atom stereocenters. The average molecular weight is 380 g/mol. The van der Waals surface area contributed by atoms with Crippen LogP contribution >= 0.6 is 0 Å². The van der Waals surface area contributed by atoms with Crippen molar-refractivity contribution in [3.63, 3.8) is 0 Å². The second kappa shape index (κ2) is 8.26. The van der Waals surface area contributed by atoms with E-state index in [1.165, 1.54) is 25.3 Å². The number of ether oxygens (including phenoxy) is 1. The van der Waals surface area contributed by atoms with Crippen LogP contribution in [0, 0.1) is 12.7 Å². The first-order chi connectivity index (χ1) is 13.5. The van der Waals surface area contributed by atoms with E-state index in [2.05, 4.69) is 20.6 Å². The van der Waals surface area contributed by atoms with Crippen molar-refractivity contribution >= 4 is 29.1 Å². The molecule has 0 spiro atoms. The molecule has 0 aliphatic rings. The van der Waals surface area contributed by atoms with E-state index in [1.807, 2.05) is 0 Å². The molecule has 3 rings (SSSR count). The second-order valence-corrected chi connectivity index (χ2v) is 5.81. The Balaban J connectivity index is 1.84. The van der Waals surface area contributed by atoms with E-state index in [0.717, 1.165) is 0 Å². The van der Waals surface area contributed by atoms with Gasteiger partial charge in [0.2, 0.25) is 0 Å². The van der Waals surface area contributed by atoms with Gasteiger partial charge in [-0.2, -0.15) is 0 Å². The molecule has 2 aromatic carbocycles. The van der Waals surface area contributed by atoms with E-state index in [0.29, 0.717) is 23.0 Å². The van der Waals surface area contributed by atoms with Crippen molar-refractivity contribution in [1.29, 1.82) is 0 Å². The lowest BCUT2D eigenvalue weighted by molar-refractivity contribution is 0.0602. The van der Waals surface area contributed by atoms with Crippen LogP contribution in [0.5, 0.6) is 0 Å². The molecular formula is C20H17FN4O3. The summed E-state index contributed by atoms with van der Waals surface area (Å²) >= 11 is 0. The molecule has 7 nitrogen and oxygen atoms in total. The highest BCUT2D eigenvalue weighted by molar-refractivity contribution is 6.07. The number of amides is 1. The first-order valence-electron chi connectivity index (χ1n) is 8.33. The number of para-hydroxylation sites is 1. The van der Waals surface area contributed by atoms with Gasteiger partial charge in [0.25, 0.3) is 5.91 Å². The smallest absolute Gasteiger partial charge is 0.339 e. The fourth-order valence-corrected chi connectivity index (χ4v) is 2.50. The summed E-state index contributed by atoms with van der Waals surface area (Å²) in [6.45, 7) is 1.65. The molecule has 1 amide bonds. The molecule has 0 aliphatic carbocycles. The van der Waals surface area contributed by atoms with E-state index < -0.39 is 11.9 Å². The lowest BCUT2D eigenvalue weighted by Crippen LogP contribution is -2.17. The fraction of sp³-hybridized carbons (Fsp3) is 0.100. The Bertz CT molecular complexity index is 1020. The Morgan fingerprint density at radius 2 is 1.75 bits per heavy atom. The zero-order valence-electron chi connectivity index (χ0n) is 15.2. The molecule has 1 aromatic heterocycles. The van der Waals surface area contributed by atoms with Crippen molar-refractivity contribution in [2.45, 2.75) is 6.92 Å². The number of hydrogen-bond donors (Lipinski definition) is 2. The van der Waals surface area contributed by atoms with Crippen LogP contribution in [0.25, 0.3) is 0 Å². The molecule has 0 bridgehead atoms.